The van der Waals surface area contributed by atoms with Crippen LogP contribution in [0.5, 0.6) is 0 Å². The number of hydrogen-bond donors (Lipinski definition) is 1. The number of primary sulfonamides is 1. The number of aromatic nitrogens is 1. The Morgan fingerprint density at radius 3 is 2.85 bits per heavy atom. The minimum absolute atomic E-state index is 0.0336. The van der Waals surface area contributed by atoms with Crippen LogP contribution < -0.4 is 5.14 Å². The molecule has 1 aromatic heterocycles. The van der Waals surface area contributed by atoms with Gasteiger partial charge in [-0.1, -0.05) is 11.2 Å². The fourth-order valence-electron chi connectivity index (χ4n) is 1.11. The molecule has 0 bridgehead atoms. The summed E-state index contributed by atoms with van der Waals surface area (Å²) in [7, 11) is -3.70. The Labute approximate surface area is 74.2 Å². The highest BCUT2D eigenvalue weighted by molar-refractivity contribution is 7.89. The van der Waals surface area contributed by atoms with E-state index in [1.165, 1.54) is 12.3 Å². The van der Waals surface area contributed by atoms with Gasteiger partial charge in [-0.05, 0) is 12.1 Å². The second-order valence-corrected chi connectivity index (χ2v) is 4.07. The zero-order chi connectivity index (χ0) is 9.47. The van der Waals surface area contributed by atoms with Gasteiger partial charge in [0.05, 0.1) is 16.5 Å². The average molecular weight is 198 g/mol. The van der Waals surface area contributed by atoms with E-state index >= 15 is 0 Å². The molecule has 0 radical (unpaired) electrons. The smallest absolute Gasteiger partial charge is 0.238 e. The first kappa shape index (κ1) is 8.21. The van der Waals surface area contributed by atoms with Crippen molar-refractivity contribution in [2.24, 2.45) is 5.14 Å². The lowest BCUT2D eigenvalue weighted by molar-refractivity contribution is 0.456. The topological polar surface area (TPSA) is 86.2 Å². The van der Waals surface area contributed by atoms with E-state index in [2.05, 4.69) is 5.16 Å². The Hall–Kier alpha value is -1.40. The molecule has 1 heterocycles. The lowest BCUT2D eigenvalue weighted by atomic mass is 10.3. The van der Waals surface area contributed by atoms with Crippen LogP contribution in [0.3, 0.4) is 0 Å². The Morgan fingerprint density at radius 1 is 1.38 bits per heavy atom. The quantitative estimate of drug-likeness (QED) is 0.721. The van der Waals surface area contributed by atoms with E-state index in [0.29, 0.717) is 11.0 Å². The summed E-state index contributed by atoms with van der Waals surface area (Å²) in [5.41, 5.74) is 0.409. The number of fused-ring (bicyclic) bond motifs is 1. The molecule has 0 fully saturated rings. The molecular formula is C7H6N2O3S. The maximum atomic E-state index is 11.1. The number of benzene rings is 1. The van der Waals surface area contributed by atoms with Gasteiger partial charge in [0.2, 0.25) is 10.0 Å². The highest BCUT2D eigenvalue weighted by Gasteiger charge is 2.13. The summed E-state index contributed by atoms with van der Waals surface area (Å²) >= 11 is 0. The number of nitrogens with two attached hydrogens (primary N) is 1. The number of sulfonamides is 1. The normalized spacial score (nSPS) is 12.1. The van der Waals surface area contributed by atoms with Gasteiger partial charge in [0.15, 0.2) is 5.58 Å². The van der Waals surface area contributed by atoms with Crippen molar-refractivity contribution in [2.45, 2.75) is 4.90 Å². The molecule has 2 aromatic rings. The third-order valence-electron chi connectivity index (χ3n) is 1.67. The second-order valence-electron chi connectivity index (χ2n) is 2.54. The maximum Gasteiger partial charge on any atom is 0.238 e. The Balaban J connectivity index is 2.91. The molecule has 0 spiro atoms. The molecule has 0 unspecified atom stereocenters. The van der Waals surface area contributed by atoms with Crippen LogP contribution in [-0.4, -0.2) is 13.6 Å². The van der Waals surface area contributed by atoms with Gasteiger partial charge in [0.1, 0.15) is 0 Å². The van der Waals surface area contributed by atoms with Crippen molar-refractivity contribution in [1.29, 1.82) is 0 Å². The molecule has 0 saturated heterocycles. The van der Waals surface area contributed by atoms with Crippen molar-refractivity contribution >= 4 is 21.0 Å². The van der Waals surface area contributed by atoms with E-state index < -0.39 is 10.0 Å². The predicted octanol–water partition coefficient (Wildman–Crippen LogP) is 0.475. The summed E-state index contributed by atoms with van der Waals surface area (Å²) in [5.74, 6) is 0. The van der Waals surface area contributed by atoms with Gasteiger partial charge in [-0.3, -0.25) is 0 Å². The van der Waals surface area contributed by atoms with E-state index in [1.54, 1.807) is 12.1 Å². The highest BCUT2D eigenvalue weighted by atomic mass is 32.2. The van der Waals surface area contributed by atoms with Crippen LogP contribution in [-0.2, 0) is 10.0 Å². The SMILES string of the molecule is NS(=O)(=O)c1cccc2oncc12. The first-order chi connectivity index (χ1) is 6.09. The number of rotatable bonds is 1. The number of nitrogens with zero attached hydrogens (tertiary/aromatic N) is 1. The molecule has 0 aliphatic carbocycles. The van der Waals surface area contributed by atoms with Crippen molar-refractivity contribution in [3.63, 3.8) is 0 Å². The monoisotopic (exact) mass is 198 g/mol. The molecule has 13 heavy (non-hydrogen) atoms. The zero-order valence-electron chi connectivity index (χ0n) is 6.47. The number of hydrogen-bond acceptors (Lipinski definition) is 4. The van der Waals surface area contributed by atoms with Crippen LogP contribution in [0.2, 0.25) is 0 Å². The van der Waals surface area contributed by atoms with Crippen LogP contribution in [0.25, 0.3) is 11.0 Å². The van der Waals surface area contributed by atoms with Gasteiger partial charge >= 0.3 is 0 Å². The Morgan fingerprint density at radius 2 is 2.15 bits per heavy atom. The molecule has 0 atom stereocenters. The van der Waals surface area contributed by atoms with Crippen LogP contribution in [0.1, 0.15) is 0 Å². The predicted molar refractivity (Wildman–Crippen MR) is 45.4 cm³/mol. The molecule has 5 nitrogen and oxygen atoms in total. The van der Waals surface area contributed by atoms with Gasteiger partial charge in [0, 0.05) is 0 Å². The fourth-order valence-corrected chi connectivity index (χ4v) is 1.84. The summed E-state index contributed by atoms with van der Waals surface area (Å²) in [6.07, 6.45) is 1.33. The van der Waals surface area contributed by atoms with Crippen LogP contribution in [0.15, 0.2) is 33.8 Å². The molecule has 6 heteroatoms. The fraction of sp³-hybridized carbons (Fsp3) is 0. The van der Waals surface area contributed by atoms with E-state index in [1.807, 2.05) is 0 Å². The molecule has 0 amide bonds. The van der Waals surface area contributed by atoms with Gasteiger partial charge in [-0.15, -0.1) is 0 Å². The van der Waals surface area contributed by atoms with Crippen LogP contribution in [0, 0.1) is 0 Å². The Bertz CT molecular complexity index is 544. The van der Waals surface area contributed by atoms with Gasteiger partial charge in [-0.2, -0.15) is 0 Å². The van der Waals surface area contributed by atoms with Crippen molar-refractivity contribution in [1.82, 2.24) is 5.16 Å². The van der Waals surface area contributed by atoms with Gasteiger partial charge < -0.3 is 4.52 Å². The first-order valence-electron chi connectivity index (χ1n) is 3.45. The molecule has 2 rings (SSSR count). The zero-order valence-corrected chi connectivity index (χ0v) is 7.28. The molecule has 1 aromatic carbocycles. The summed E-state index contributed by atoms with van der Waals surface area (Å²) in [6, 6.07) is 4.58. The lowest BCUT2D eigenvalue weighted by Crippen LogP contribution is -2.12. The van der Waals surface area contributed by atoms with Crippen molar-refractivity contribution in [3.8, 4) is 0 Å². The van der Waals surface area contributed by atoms with Crippen molar-refractivity contribution < 1.29 is 12.9 Å². The summed E-state index contributed by atoms with van der Waals surface area (Å²) < 4.78 is 26.9. The molecule has 0 aliphatic rings. The maximum absolute atomic E-state index is 11.1. The lowest BCUT2D eigenvalue weighted by Gasteiger charge is -1.96. The van der Waals surface area contributed by atoms with E-state index in [-0.39, 0.29) is 4.90 Å². The molecule has 0 saturated carbocycles. The van der Waals surface area contributed by atoms with Crippen LogP contribution >= 0.6 is 0 Å². The summed E-state index contributed by atoms with van der Waals surface area (Å²) in [4.78, 5) is 0.0336. The standard InChI is InChI=1S/C7H6N2O3S/c8-13(10,11)7-3-1-2-6-5(7)4-9-12-6/h1-4H,(H2,8,10,11). The molecule has 2 N–H and O–H groups in total. The van der Waals surface area contributed by atoms with E-state index in [4.69, 9.17) is 9.66 Å². The molecule has 0 aliphatic heterocycles. The highest BCUT2D eigenvalue weighted by Crippen LogP contribution is 2.20. The van der Waals surface area contributed by atoms with Gasteiger partial charge in [0.25, 0.3) is 0 Å². The molecular weight excluding hydrogens is 192 g/mol. The third-order valence-corrected chi connectivity index (χ3v) is 2.63. The van der Waals surface area contributed by atoms with Gasteiger partial charge in [-0.25, -0.2) is 13.6 Å². The minimum Gasteiger partial charge on any atom is -0.356 e. The summed E-state index contributed by atoms with van der Waals surface area (Å²) in [5, 5.41) is 8.87. The first-order valence-corrected chi connectivity index (χ1v) is 5.00. The average Bonchev–Trinajstić information content (AvgIpc) is 2.48. The Kier molecular flexibility index (Phi) is 1.61. The van der Waals surface area contributed by atoms with E-state index in [9.17, 15) is 8.42 Å². The van der Waals surface area contributed by atoms with E-state index in [0.717, 1.165) is 0 Å². The largest absolute Gasteiger partial charge is 0.356 e. The second kappa shape index (κ2) is 2.54. The van der Waals surface area contributed by atoms with Crippen LogP contribution in [0.4, 0.5) is 0 Å². The third kappa shape index (κ3) is 1.30. The minimum atomic E-state index is -3.70. The molecule has 68 valence electrons. The van der Waals surface area contributed by atoms with Crippen molar-refractivity contribution in [2.75, 3.05) is 0 Å². The summed E-state index contributed by atoms with van der Waals surface area (Å²) in [6.45, 7) is 0. The van der Waals surface area contributed by atoms with Crippen molar-refractivity contribution in [3.05, 3.63) is 24.4 Å².